The van der Waals surface area contributed by atoms with E-state index in [0.717, 1.165) is 12.3 Å². The fourth-order valence-electron chi connectivity index (χ4n) is 1.30. The molecule has 0 aliphatic heterocycles. The summed E-state index contributed by atoms with van der Waals surface area (Å²) in [4.78, 5) is 11.7. The predicted molar refractivity (Wildman–Crippen MR) is 63.9 cm³/mol. The lowest BCUT2D eigenvalue weighted by atomic mass is 10.2. The van der Waals surface area contributed by atoms with E-state index in [1.54, 1.807) is 12.1 Å². The van der Waals surface area contributed by atoms with Crippen molar-refractivity contribution >= 4 is 5.91 Å². The molecule has 0 bridgehead atoms. The SMILES string of the molecule is CCOc1cccc(C(=O)NCCNC)c1. The Morgan fingerprint density at radius 3 is 2.88 bits per heavy atom. The van der Waals surface area contributed by atoms with Gasteiger partial charge in [0.25, 0.3) is 5.91 Å². The number of carbonyl (C=O) groups excluding carboxylic acids is 1. The molecule has 1 rings (SSSR count). The lowest BCUT2D eigenvalue weighted by molar-refractivity contribution is 0.0953. The van der Waals surface area contributed by atoms with Crippen molar-refractivity contribution in [2.24, 2.45) is 0 Å². The minimum Gasteiger partial charge on any atom is -0.494 e. The van der Waals surface area contributed by atoms with Crippen LogP contribution in [0.1, 0.15) is 17.3 Å². The molecular weight excluding hydrogens is 204 g/mol. The van der Waals surface area contributed by atoms with Crippen LogP contribution in [0, 0.1) is 0 Å². The summed E-state index contributed by atoms with van der Waals surface area (Å²) in [6.45, 7) is 3.90. The normalized spacial score (nSPS) is 9.88. The molecule has 0 saturated carbocycles. The molecule has 4 nitrogen and oxygen atoms in total. The Balaban J connectivity index is 2.57. The molecule has 4 heteroatoms. The van der Waals surface area contributed by atoms with Crippen LogP contribution in [0.4, 0.5) is 0 Å². The topological polar surface area (TPSA) is 50.4 Å². The zero-order chi connectivity index (χ0) is 11.8. The van der Waals surface area contributed by atoms with Gasteiger partial charge < -0.3 is 15.4 Å². The summed E-state index contributed by atoms with van der Waals surface area (Å²) in [6, 6.07) is 7.18. The highest BCUT2D eigenvalue weighted by atomic mass is 16.5. The van der Waals surface area contributed by atoms with Gasteiger partial charge in [0.2, 0.25) is 0 Å². The molecule has 0 atom stereocenters. The average Bonchev–Trinajstić information content (AvgIpc) is 2.30. The minimum atomic E-state index is -0.0724. The van der Waals surface area contributed by atoms with E-state index in [4.69, 9.17) is 4.74 Å². The first-order chi connectivity index (χ1) is 7.77. The van der Waals surface area contributed by atoms with Crippen LogP contribution in [0.5, 0.6) is 5.75 Å². The number of hydrogen-bond acceptors (Lipinski definition) is 3. The third kappa shape index (κ3) is 3.90. The van der Waals surface area contributed by atoms with Gasteiger partial charge in [0, 0.05) is 18.7 Å². The third-order valence-electron chi connectivity index (χ3n) is 2.07. The Morgan fingerprint density at radius 1 is 1.38 bits per heavy atom. The zero-order valence-corrected chi connectivity index (χ0v) is 9.75. The molecule has 0 unspecified atom stereocenters. The van der Waals surface area contributed by atoms with Gasteiger partial charge >= 0.3 is 0 Å². The van der Waals surface area contributed by atoms with Gasteiger partial charge in [-0.05, 0) is 32.2 Å². The Kier molecular flexibility index (Phi) is 5.36. The number of amides is 1. The maximum Gasteiger partial charge on any atom is 0.251 e. The monoisotopic (exact) mass is 222 g/mol. The summed E-state index contributed by atoms with van der Waals surface area (Å²) >= 11 is 0. The Morgan fingerprint density at radius 2 is 2.19 bits per heavy atom. The predicted octanol–water partition coefficient (Wildman–Crippen LogP) is 1.03. The average molecular weight is 222 g/mol. The molecule has 1 aromatic rings. The molecule has 0 aliphatic rings. The molecule has 0 heterocycles. The summed E-state index contributed by atoms with van der Waals surface area (Å²) in [7, 11) is 1.85. The van der Waals surface area contributed by atoms with Crippen LogP contribution in [-0.2, 0) is 0 Å². The first kappa shape index (κ1) is 12.5. The highest BCUT2D eigenvalue weighted by molar-refractivity contribution is 5.94. The van der Waals surface area contributed by atoms with Crippen molar-refractivity contribution in [1.82, 2.24) is 10.6 Å². The van der Waals surface area contributed by atoms with Crippen LogP contribution in [0.25, 0.3) is 0 Å². The van der Waals surface area contributed by atoms with Crippen LogP contribution in [-0.4, -0.2) is 32.7 Å². The third-order valence-corrected chi connectivity index (χ3v) is 2.07. The van der Waals surface area contributed by atoms with E-state index in [0.29, 0.717) is 18.7 Å². The quantitative estimate of drug-likeness (QED) is 0.707. The van der Waals surface area contributed by atoms with Gasteiger partial charge in [0.1, 0.15) is 5.75 Å². The molecule has 1 amide bonds. The second-order valence-corrected chi connectivity index (χ2v) is 3.32. The first-order valence-corrected chi connectivity index (χ1v) is 5.43. The smallest absolute Gasteiger partial charge is 0.251 e. The summed E-state index contributed by atoms with van der Waals surface area (Å²) in [5.74, 6) is 0.653. The molecule has 88 valence electrons. The van der Waals surface area contributed by atoms with Crippen molar-refractivity contribution in [3.63, 3.8) is 0 Å². The molecule has 2 N–H and O–H groups in total. The van der Waals surface area contributed by atoms with Crippen molar-refractivity contribution in [2.75, 3.05) is 26.7 Å². The standard InChI is InChI=1S/C12H18N2O2/c1-3-16-11-6-4-5-10(9-11)12(15)14-8-7-13-2/h4-6,9,13H,3,7-8H2,1-2H3,(H,14,15). The molecule has 16 heavy (non-hydrogen) atoms. The van der Waals surface area contributed by atoms with Crippen LogP contribution in [0.2, 0.25) is 0 Å². The fraction of sp³-hybridized carbons (Fsp3) is 0.417. The van der Waals surface area contributed by atoms with E-state index < -0.39 is 0 Å². The second-order valence-electron chi connectivity index (χ2n) is 3.32. The number of nitrogens with one attached hydrogen (secondary N) is 2. The largest absolute Gasteiger partial charge is 0.494 e. The highest BCUT2D eigenvalue weighted by Crippen LogP contribution is 2.12. The molecule has 0 spiro atoms. The van der Waals surface area contributed by atoms with Crippen molar-refractivity contribution in [1.29, 1.82) is 0 Å². The van der Waals surface area contributed by atoms with E-state index in [9.17, 15) is 4.79 Å². The van der Waals surface area contributed by atoms with Crippen molar-refractivity contribution in [3.05, 3.63) is 29.8 Å². The molecule has 0 fully saturated rings. The van der Waals surface area contributed by atoms with Gasteiger partial charge in [-0.1, -0.05) is 6.07 Å². The Hall–Kier alpha value is -1.55. The Labute approximate surface area is 96.0 Å². The van der Waals surface area contributed by atoms with Gasteiger partial charge in [-0.2, -0.15) is 0 Å². The number of carbonyl (C=O) groups is 1. The lowest BCUT2D eigenvalue weighted by Gasteiger charge is -2.07. The van der Waals surface area contributed by atoms with Crippen LogP contribution in [0.15, 0.2) is 24.3 Å². The summed E-state index contributed by atoms with van der Waals surface area (Å²) < 4.78 is 5.33. The zero-order valence-electron chi connectivity index (χ0n) is 9.75. The van der Waals surface area contributed by atoms with Gasteiger partial charge in [-0.25, -0.2) is 0 Å². The summed E-state index contributed by atoms with van der Waals surface area (Å²) in [5.41, 5.74) is 0.627. The Bertz CT molecular complexity index is 340. The second kappa shape index (κ2) is 6.85. The highest BCUT2D eigenvalue weighted by Gasteiger charge is 2.05. The van der Waals surface area contributed by atoms with E-state index >= 15 is 0 Å². The van der Waals surface area contributed by atoms with Gasteiger partial charge in [-0.15, -0.1) is 0 Å². The van der Waals surface area contributed by atoms with E-state index in [1.165, 1.54) is 0 Å². The minimum absolute atomic E-state index is 0.0724. The molecule has 0 radical (unpaired) electrons. The maximum atomic E-state index is 11.7. The van der Waals surface area contributed by atoms with Gasteiger partial charge in [0.15, 0.2) is 0 Å². The van der Waals surface area contributed by atoms with E-state index in [2.05, 4.69) is 10.6 Å². The molecular formula is C12H18N2O2. The van der Waals surface area contributed by atoms with Crippen molar-refractivity contribution in [3.8, 4) is 5.75 Å². The summed E-state index contributed by atoms with van der Waals surface area (Å²) in [6.07, 6.45) is 0. The number of rotatable bonds is 6. The van der Waals surface area contributed by atoms with Crippen molar-refractivity contribution < 1.29 is 9.53 Å². The molecule has 0 saturated heterocycles. The van der Waals surface area contributed by atoms with E-state index in [1.807, 2.05) is 26.1 Å². The lowest BCUT2D eigenvalue weighted by Crippen LogP contribution is -2.30. The van der Waals surface area contributed by atoms with Crippen LogP contribution < -0.4 is 15.4 Å². The number of ether oxygens (including phenoxy) is 1. The molecule has 0 aliphatic carbocycles. The van der Waals surface area contributed by atoms with Crippen LogP contribution >= 0.6 is 0 Å². The first-order valence-electron chi connectivity index (χ1n) is 5.43. The number of likely N-dealkylation sites (N-methyl/N-ethyl adjacent to an activating group) is 1. The molecule has 0 aromatic heterocycles. The summed E-state index contributed by atoms with van der Waals surface area (Å²) in [5, 5.41) is 5.78. The molecule has 1 aromatic carbocycles. The van der Waals surface area contributed by atoms with Gasteiger partial charge in [0.05, 0.1) is 6.61 Å². The number of hydrogen-bond donors (Lipinski definition) is 2. The van der Waals surface area contributed by atoms with E-state index in [-0.39, 0.29) is 5.91 Å². The van der Waals surface area contributed by atoms with Gasteiger partial charge in [-0.3, -0.25) is 4.79 Å². The fourth-order valence-corrected chi connectivity index (χ4v) is 1.30. The van der Waals surface area contributed by atoms with Crippen molar-refractivity contribution in [2.45, 2.75) is 6.92 Å². The number of benzene rings is 1. The maximum absolute atomic E-state index is 11.7. The van der Waals surface area contributed by atoms with Crippen LogP contribution in [0.3, 0.4) is 0 Å².